The summed E-state index contributed by atoms with van der Waals surface area (Å²) >= 11 is 0. The Morgan fingerprint density at radius 2 is 0.875 bits per heavy atom. The number of carbonyl (C=O) groups excluding carboxylic acids is 3. The zero-order chi connectivity index (χ0) is 28.9. The maximum Gasteiger partial charge on any atom is 0.265 e. The summed E-state index contributed by atoms with van der Waals surface area (Å²) in [4.78, 5) is 45.0. The number of hydrogen-bond acceptors (Lipinski definition) is 3. The summed E-state index contributed by atoms with van der Waals surface area (Å²) in [5, 5.41) is 1.23. The van der Waals surface area contributed by atoms with Crippen LogP contribution < -0.4 is 9.80 Å². The van der Waals surface area contributed by atoms with Gasteiger partial charge in [0, 0.05) is 21.9 Å². The van der Waals surface area contributed by atoms with Gasteiger partial charge in [-0.15, -0.1) is 0 Å². The van der Waals surface area contributed by atoms with Crippen LogP contribution in [0.4, 0.5) is 17.1 Å². The van der Waals surface area contributed by atoms with Crippen LogP contribution in [0.15, 0.2) is 60.7 Å². The Morgan fingerprint density at radius 1 is 0.475 bits per heavy atom. The summed E-state index contributed by atoms with van der Waals surface area (Å²) < 4.78 is 0. The molecule has 5 nitrogen and oxygen atoms in total. The number of imide groups is 1. The molecule has 0 spiro atoms. The third kappa shape index (κ3) is 3.64. The van der Waals surface area contributed by atoms with Gasteiger partial charge >= 0.3 is 0 Å². The molecule has 0 N–H and O–H groups in total. The van der Waals surface area contributed by atoms with E-state index in [4.69, 9.17) is 0 Å². The first-order valence-electron chi connectivity index (χ1n) is 13.8. The lowest BCUT2D eigenvalue weighted by atomic mass is 9.85. The Balaban J connectivity index is 1.54. The quantitative estimate of drug-likeness (QED) is 0.246. The minimum absolute atomic E-state index is 0.0873. The van der Waals surface area contributed by atoms with Gasteiger partial charge in [0.15, 0.2) is 0 Å². The molecule has 0 bridgehead atoms. The van der Waals surface area contributed by atoms with Crippen LogP contribution >= 0.6 is 0 Å². The van der Waals surface area contributed by atoms with Gasteiger partial charge in [-0.3, -0.25) is 19.3 Å². The van der Waals surface area contributed by atoms with Gasteiger partial charge in [-0.1, -0.05) is 65.8 Å². The van der Waals surface area contributed by atoms with Crippen molar-refractivity contribution in [1.82, 2.24) is 0 Å². The normalized spacial score (nSPS) is 15.1. The topological polar surface area (TPSA) is 57.7 Å². The first-order valence-corrected chi connectivity index (χ1v) is 13.8. The van der Waals surface area contributed by atoms with Gasteiger partial charge in [0.2, 0.25) is 0 Å². The molecule has 4 aromatic carbocycles. The number of rotatable bonds is 2. The molecule has 3 amide bonds. The summed E-state index contributed by atoms with van der Waals surface area (Å²) in [5.41, 5.74) is 7.26. The Hall–Kier alpha value is -4.25. The fourth-order valence-electron chi connectivity index (χ4n) is 5.85. The highest BCUT2D eigenvalue weighted by Crippen LogP contribution is 2.47. The van der Waals surface area contributed by atoms with E-state index in [9.17, 15) is 14.4 Å². The van der Waals surface area contributed by atoms with Gasteiger partial charge in [0.25, 0.3) is 17.7 Å². The number of amides is 3. The molecule has 0 aliphatic carbocycles. The van der Waals surface area contributed by atoms with Crippen molar-refractivity contribution in [3.05, 3.63) is 99.6 Å². The van der Waals surface area contributed by atoms with Gasteiger partial charge in [0.05, 0.1) is 22.6 Å². The number of carbonyl (C=O) groups is 3. The molecule has 0 unspecified atom stereocenters. The molecule has 5 heteroatoms. The van der Waals surface area contributed by atoms with Gasteiger partial charge < -0.3 is 0 Å². The van der Waals surface area contributed by atoms with E-state index in [1.165, 1.54) is 4.90 Å². The number of benzene rings is 4. The lowest BCUT2D eigenvalue weighted by molar-refractivity contribution is 0.0891. The molecule has 0 radical (unpaired) electrons. The predicted molar refractivity (Wildman–Crippen MR) is 161 cm³/mol. The first kappa shape index (κ1) is 26.0. The van der Waals surface area contributed by atoms with Gasteiger partial charge in [-0.25, -0.2) is 4.90 Å². The molecule has 2 aliphatic heterocycles. The minimum Gasteiger partial charge on any atom is -0.276 e. The van der Waals surface area contributed by atoms with Gasteiger partial charge in [-0.05, 0) is 83.3 Å². The van der Waals surface area contributed by atoms with Crippen molar-refractivity contribution in [2.24, 2.45) is 0 Å². The third-order valence-corrected chi connectivity index (χ3v) is 8.31. The molecule has 6 rings (SSSR count). The lowest BCUT2D eigenvalue weighted by Crippen LogP contribution is -2.41. The van der Waals surface area contributed by atoms with Crippen molar-refractivity contribution in [2.75, 3.05) is 9.80 Å². The van der Waals surface area contributed by atoms with Crippen LogP contribution in [0.5, 0.6) is 0 Å². The Labute approximate surface area is 235 Å². The molecule has 202 valence electrons. The molecule has 0 atom stereocenters. The molecule has 2 heterocycles. The van der Waals surface area contributed by atoms with E-state index >= 15 is 0 Å². The molecule has 40 heavy (non-hydrogen) atoms. The Kier molecular flexibility index (Phi) is 5.44. The largest absolute Gasteiger partial charge is 0.276 e. The van der Waals surface area contributed by atoms with E-state index < -0.39 is 0 Å². The second-order valence-electron chi connectivity index (χ2n) is 13.1. The van der Waals surface area contributed by atoms with Crippen LogP contribution in [0.25, 0.3) is 10.8 Å². The molecular weight excluding hydrogens is 496 g/mol. The van der Waals surface area contributed by atoms with Crippen molar-refractivity contribution in [2.45, 2.75) is 66.2 Å². The van der Waals surface area contributed by atoms with Crippen LogP contribution in [0.1, 0.15) is 94.9 Å². The first-order chi connectivity index (χ1) is 18.7. The highest BCUT2D eigenvalue weighted by molar-refractivity contribution is 6.40. The second kappa shape index (κ2) is 8.37. The zero-order valence-electron chi connectivity index (χ0n) is 24.4. The molecule has 2 aliphatic rings. The maximum atomic E-state index is 14.0. The van der Waals surface area contributed by atoms with Crippen molar-refractivity contribution in [1.29, 1.82) is 0 Å². The Bertz CT molecular complexity index is 1780. The lowest BCUT2D eigenvalue weighted by Gasteiger charge is -2.30. The van der Waals surface area contributed by atoms with E-state index in [2.05, 4.69) is 53.7 Å². The number of hydrogen-bond donors (Lipinski definition) is 0. The van der Waals surface area contributed by atoms with Crippen LogP contribution in [0.3, 0.4) is 0 Å². The maximum absolute atomic E-state index is 14.0. The fourth-order valence-corrected chi connectivity index (χ4v) is 5.85. The van der Waals surface area contributed by atoms with Crippen molar-refractivity contribution in [3.8, 4) is 0 Å². The second-order valence-corrected chi connectivity index (χ2v) is 13.1. The number of anilines is 3. The summed E-state index contributed by atoms with van der Waals surface area (Å²) in [7, 11) is 0. The number of aryl methyl sites for hydroxylation is 2. The van der Waals surface area contributed by atoms with E-state index in [-0.39, 0.29) is 28.6 Å². The summed E-state index contributed by atoms with van der Waals surface area (Å²) in [6.45, 7) is 16.7. The van der Waals surface area contributed by atoms with Gasteiger partial charge in [-0.2, -0.15) is 0 Å². The average Bonchev–Trinajstić information content (AvgIpc) is 3.16. The average molecular weight is 531 g/mol. The van der Waals surface area contributed by atoms with Crippen LogP contribution in [0.2, 0.25) is 0 Å². The van der Waals surface area contributed by atoms with E-state index in [0.29, 0.717) is 38.8 Å². The predicted octanol–water partition coefficient (Wildman–Crippen LogP) is 8.14. The summed E-state index contributed by atoms with van der Waals surface area (Å²) in [6, 6.07) is 19.2. The van der Waals surface area contributed by atoms with Crippen molar-refractivity contribution < 1.29 is 14.4 Å². The zero-order valence-corrected chi connectivity index (χ0v) is 24.4. The van der Waals surface area contributed by atoms with Crippen molar-refractivity contribution in [3.63, 3.8) is 0 Å². The molecule has 4 aromatic rings. The van der Waals surface area contributed by atoms with Crippen LogP contribution in [-0.4, -0.2) is 17.7 Å². The van der Waals surface area contributed by atoms with E-state index in [0.717, 1.165) is 27.9 Å². The molecular formula is C35H34N2O3. The summed E-state index contributed by atoms with van der Waals surface area (Å²) in [5.74, 6) is -0.886. The molecule has 0 fully saturated rings. The van der Waals surface area contributed by atoms with Crippen molar-refractivity contribution >= 4 is 45.6 Å². The Morgan fingerprint density at radius 3 is 1.35 bits per heavy atom. The standard InChI is InChI=1S/C35H34N2O3/c1-19-9-11-21(34(3,4)5)17-27(19)36-26-16-15-24-29-23(13-14-25(30(26)29)31(36)38)32(39)37(33(24)40)28-18-22(35(6,7)8)12-10-20(28)2/h9-18H,1-8H3. The van der Waals surface area contributed by atoms with Crippen LogP contribution in [-0.2, 0) is 10.8 Å². The smallest absolute Gasteiger partial charge is 0.265 e. The minimum atomic E-state index is -0.368. The number of nitrogens with zero attached hydrogens (tertiary/aromatic N) is 2. The SMILES string of the molecule is Cc1ccc(C(C)(C)C)cc1N1C(=O)c2ccc3c4c(ccc(c24)C1=O)N(c1cc(C(C)(C)C)ccc1C)C3=O. The van der Waals surface area contributed by atoms with Crippen LogP contribution in [0, 0.1) is 13.8 Å². The monoisotopic (exact) mass is 530 g/mol. The molecule has 0 aromatic heterocycles. The van der Waals surface area contributed by atoms with E-state index in [1.54, 1.807) is 23.1 Å². The summed E-state index contributed by atoms with van der Waals surface area (Å²) in [6.07, 6.45) is 0. The highest BCUT2D eigenvalue weighted by Gasteiger charge is 2.41. The third-order valence-electron chi connectivity index (χ3n) is 8.31. The molecule has 0 saturated heterocycles. The highest BCUT2D eigenvalue weighted by atomic mass is 16.2. The van der Waals surface area contributed by atoms with E-state index in [1.807, 2.05) is 44.2 Å². The molecule has 0 saturated carbocycles. The fraction of sp³-hybridized carbons (Fsp3) is 0.286. The van der Waals surface area contributed by atoms with Gasteiger partial charge in [0.1, 0.15) is 0 Å².